The van der Waals surface area contributed by atoms with Gasteiger partial charge in [0.25, 0.3) is 0 Å². The zero-order valence-electron chi connectivity index (χ0n) is 12.9. The highest BCUT2D eigenvalue weighted by Crippen LogP contribution is 2.28. The summed E-state index contributed by atoms with van der Waals surface area (Å²) in [5.74, 6) is 1.65. The fraction of sp³-hybridized carbons (Fsp3) is 0.222. The first-order chi connectivity index (χ1) is 10.1. The summed E-state index contributed by atoms with van der Waals surface area (Å²) in [6, 6.07) is 12.6. The molecule has 0 fully saturated rings. The maximum absolute atomic E-state index is 4.79. The highest BCUT2D eigenvalue weighted by atomic mass is 15.0. The lowest BCUT2D eigenvalue weighted by Gasteiger charge is -2.11. The molecule has 1 heterocycles. The van der Waals surface area contributed by atoms with Crippen molar-refractivity contribution in [3.05, 3.63) is 53.1 Å². The normalized spacial score (nSPS) is 10.9. The van der Waals surface area contributed by atoms with Gasteiger partial charge in [0.15, 0.2) is 5.82 Å². The van der Waals surface area contributed by atoms with E-state index in [2.05, 4.69) is 56.4 Å². The molecule has 0 saturated carbocycles. The van der Waals surface area contributed by atoms with Crippen LogP contribution < -0.4 is 5.32 Å². The SMILES string of the molecule is CNc1nc(-c2ccc(C)cc2C)nc2c(C)cccc12. The lowest BCUT2D eigenvalue weighted by atomic mass is 10.0. The molecular formula is C18H19N3. The standard InChI is InChI=1S/C18H19N3/c1-11-8-9-14(13(3)10-11)18-20-16-12(2)6-5-7-15(16)17(19-4)21-18/h5-10H,1-4H3,(H,19,20,21). The molecule has 0 atom stereocenters. The molecule has 0 aliphatic carbocycles. The first-order valence-electron chi connectivity index (χ1n) is 7.13. The second-order valence-corrected chi connectivity index (χ2v) is 5.44. The van der Waals surface area contributed by atoms with Crippen molar-refractivity contribution in [2.45, 2.75) is 20.8 Å². The van der Waals surface area contributed by atoms with Crippen molar-refractivity contribution in [1.82, 2.24) is 9.97 Å². The van der Waals surface area contributed by atoms with Crippen molar-refractivity contribution in [3.8, 4) is 11.4 Å². The molecular weight excluding hydrogens is 258 g/mol. The Kier molecular flexibility index (Phi) is 3.34. The Hall–Kier alpha value is -2.42. The van der Waals surface area contributed by atoms with Gasteiger partial charge in [-0.2, -0.15) is 0 Å². The topological polar surface area (TPSA) is 37.8 Å². The number of benzene rings is 2. The van der Waals surface area contributed by atoms with Crippen LogP contribution in [0.15, 0.2) is 36.4 Å². The lowest BCUT2D eigenvalue weighted by molar-refractivity contribution is 1.19. The minimum Gasteiger partial charge on any atom is -0.373 e. The average Bonchev–Trinajstić information content (AvgIpc) is 2.47. The molecule has 0 spiro atoms. The van der Waals surface area contributed by atoms with Crippen molar-refractivity contribution < 1.29 is 0 Å². The summed E-state index contributed by atoms with van der Waals surface area (Å²) >= 11 is 0. The Bertz CT molecular complexity index is 822. The van der Waals surface area contributed by atoms with Crippen molar-refractivity contribution in [3.63, 3.8) is 0 Å². The summed E-state index contributed by atoms with van der Waals surface area (Å²) in [6.45, 7) is 6.29. The van der Waals surface area contributed by atoms with Crippen LogP contribution in [0.25, 0.3) is 22.3 Å². The number of rotatable bonds is 2. The van der Waals surface area contributed by atoms with Crippen LogP contribution in [-0.4, -0.2) is 17.0 Å². The number of nitrogens with one attached hydrogen (secondary N) is 1. The van der Waals surface area contributed by atoms with Gasteiger partial charge in [-0.05, 0) is 38.0 Å². The Balaban J connectivity index is 2.31. The zero-order valence-corrected chi connectivity index (χ0v) is 12.9. The van der Waals surface area contributed by atoms with E-state index in [9.17, 15) is 0 Å². The van der Waals surface area contributed by atoms with E-state index in [0.29, 0.717) is 0 Å². The van der Waals surface area contributed by atoms with E-state index < -0.39 is 0 Å². The summed E-state index contributed by atoms with van der Waals surface area (Å²) in [6.07, 6.45) is 0. The summed E-state index contributed by atoms with van der Waals surface area (Å²) in [4.78, 5) is 9.49. The molecule has 0 aliphatic rings. The molecule has 21 heavy (non-hydrogen) atoms. The lowest BCUT2D eigenvalue weighted by Crippen LogP contribution is -2.00. The minimum atomic E-state index is 0.777. The fourth-order valence-electron chi connectivity index (χ4n) is 2.67. The molecule has 0 unspecified atom stereocenters. The molecule has 1 aromatic heterocycles. The van der Waals surface area contributed by atoms with Gasteiger partial charge in [0.2, 0.25) is 0 Å². The van der Waals surface area contributed by atoms with Gasteiger partial charge in [-0.25, -0.2) is 9.97 Å². The van der Waals surface area contributed by atoms with Crippen LogP contribution in [0.3, 0.4) is 0 Å². The van der Waals surface area contributed by atoms with Crippen LogP contribution >= 0.6 is 0 Å². The minimum absolute atomic E-state index is 0.777. The number of hydrogen-bond donors (Lipinski definition) is 1. The van der Waals surface area contributed by atoms with Crippen LogP contribution in [0, 0.1) is 20.8 Å². The van der Waals surface area contributed by atoms with Gasteiger partial charge >= 0.3 is 0 Å². The van der Waals surface area contributed by atoms with Crippen LogP contribution in [0.5, 0.6) is 0 Å². The van der Waals surface area contributed by atoms with E-state index in [1.54, 1.807) is 0 Å². The molecule has 3 rings (SSSR count). The van der Waals surface area contributed by atoms with Gasteiger partial charge in [0.1, 0.15) is 5.82 Å². The first-order valence-corrected chi connectivity index (χ1v) is 7.13. The van der Waals surface area contributed by atoms with E-state index in [0.717, 1.165) is 33.7 Å². The quantitative estimate of drug-likeness (QED) is 0.760. The molecule has 0 radical (unpaired) electrons. The predicted octanol–water partition coefficient (Wildman–Crippen LogP) is 4.26. The van der Waals surface area contributed by atoms with Crippen molar-refractivity contribution in [1.29, 1.82) is 0 Å². The van der Waals surface area contributed by atoms with Gasteiger partial charge in [-0.3, -0.25) is 0 Å². The van der Waals surface area contributed by atoms with Crippen LogP contribution in [0.4, 0.5) is 5.82 Å². The third kappa shape index (κ3) is 2.35. The molecule has 0 saturated heterocycles. The molecule has 1 N–H and O–H groups in total. The molecule has 3 heteroatoms. The van der Waals surface area contributed by atoms with Gasteiger partial charge in [-0.15, -0.1) is 0 Å². The smallest absolute Gasteiger partial charge is 0.162 e. The largest absolute Gasteiger partial charge is 0.373 e. The number of para-hydroxylation sites is 1. The summed E-state index contributed by atoms with van der Waals surface area (Å²) in [5, 5.41) is 4.25. The predicted molar refractivity (Wildman–Crippen MR) is 88.7 cm³/mol. The van der Waals surface area contributed by atoms with Gasteiger partial charge in [-0.1, -0.05) is 35.9 Å². The van der Waals surface area contributed by atoms with E-state index in [4.69, 9.17) is 9.97 Å². The van der Waals surface area contributed by atoms with Gasteiger partial charge < -0.3 is 5.32 Å². The third-order valence-electron chi connectivity index (χ3n) is 3.79. The molecule has 0 aliphatic heterocycles. The molecule has 3 aromatic rings. The number of aryl methyl sites for hydroxylation is 3. The summed E-state index contributed by atoms with van der Waals surface area (Å²) in [7, 11) is 1.90. The van der Waals surface area contributed by atoms with Crippen molar-refractivity contribution in [2.24, 2.45) is 0 Å². The zero-order chi connectivity index (χ0) is 15.0. The van der Waals surface area contributed by atoms with Crippen molar-refractivity contribution in [2.75, 3.05) is 12.4 Å². The van der Waals surface area contributed by atoms with Crippen molar-refractivity contribution >= 4 is 16.7 Å². The van der Waals surface area contributed by atoms with E-state index in [1.165, 1.54) is 11.1 Å². The number of hydrogen-bond acceptors (Lipinski definition) is 3. The number of anilines is 1. The van der Waals surface area contributed by atoms with E-state index in [1.807, 2.05) is 13.1 Å². The second kappa shape index (κ2) is 5.17. The summed E-state index contributed by atoms with van der Waals surface area (Å²) < 4.78 is 0. The Labute approximate surface area is 125 Å². The van der Waals surface area contributed by atoms with Gasteiger partial charge in [0.05, 0.1) is 5.52 Å². The van der Waals surface area contributed by atoms with Crippen LogP contribution in [0.1, 0.15) is 16.7 Å². The average molecular weight is 277 g/mol. The molecule has 106 valence electrons. The number of fused-ring (bicyclic) bond motifs is 1. The Morgan fingerprint density at radius 3 is 2.43 bits per heavy atom. The van der Waals surface area contributed by atoms with E-state index in [-0.39, 0.29) is 0 Å². The highest BCUT2D eigenvalue weighted by molar-refractivity contribution is 5.92. The molecule has 3 nitrogen and oxygen atoms in total. The maximum atomic E-state index is 4.79. The Morgan fingerprint density at radius 1 is 0.905 bits per heavy atom. The van der Waals surface area contributed by atoms with E-state index >= 15 is 0 Å². The highest BCUT2D eigenvalue weighted by Gasteiger charge is 2.11. The van der Waals surface area contributed by atoms with Gasteiger partial charge in [0, 0.05) is 18.0 Å². The number of aromatic nitrogens is 2. The maximum Gasteiger partial charge on any atom is 0.162 e. The molecule has 2 aromatic carbocycles. The van der Waals surface area contributed by atoms with Crippen LogP contribution in [0.2, 0.25) is 0 Å². The molecule has 0 amide bonds. The fourth-order valence-corrected chi connectivity index (χ4v) is 2.67. The second-order valence-electron chi connectivity index (χ2n) is 5.44. The first kappa shape index (κ1) is 13.6. The van der Waals surface area contributed by atoms with Crippen LogP contribution in [-0.2, 0) is 0 Å². The number of nitrogens with zero attached hydrogens (tertiary/aromatic N) is 2. The third-order valence-corrected chi connectivity index (χ3v) is 3.79. The Morgan fingerprint density at radius 2 is 1.71 bits per heavy atom. The molecule has 0 bridgehead atoms. The monoisotopic (exact) mass is 277 g/mol. The summed E-state index contributed by atoms with van der Waals surface area (Å²) in [5.41, 5.74) is 5.71.